The number of aromatic carboxylic acids is 1. The molecule has 200 valence electrons. The first-order valence-corrected chi connectivity index (χ1v) is 12.6. The van der Waals surface area contributed by atoms with Gasteiger partial charge in [0.1, 0.15) is 11.2 Å². The second-order valence-corrected chi connectivity index (χ2v) is 10.1. The van der Waals surface area contributed by atoms with Crippen LogP contribution >= 0.6 is 0 Å². The number of halogens is 2. The number of anilines is 2. The number of nitrogens with one attached hydrogen (secondary N) is 2. The van der Waals surface area contributed by atoms with Gasteiger partial charge in [-0.25, -0.2) is 18.6 Å². The molecule has 4 aromatic rings. The summed E-state index contributed by atoms with van der Waals surface area (Å²) in [5, 5.41) is 16.0. The van der Waals surface area contributed by atoms with Crippen molar-refractivity contribution in [3.63, 3.8) is 0 Å². The molecule has 3 N–H and O–H groups in total. The van der Waals surface area contributed by atoms with Gasteiger partial charge in [0.25, 0.3) is 0 Å². The molecular weight excluding hydrogens is 506 g/mol. The minimum Gasteiger partial charge on any atom is -0.477 e. The topological polar surface area (TPSA) is 112 Å². The van der Waals surface area contributed by atoms with E-state index in [9.17, 15) is 23.5 Å². The second kappa shape index (κ2) is 9.12. The van der Waals surface area contributed by atoms with Crippen LogP contribution in [0.15, 0.2) is 35.5 Å². The molecule has 6 rings (SSSR count). The molecule has 1 aliphatic heterocycles. The molecule has 1 fully saturated rings. The SMILES string of the molecule is CNc1c(F)c(F)cc2c1Cc1ncc(-c3cnc4c(c3)c(=O)c(C(=O)O)cn4C3CCNC3)c(N(C)C)c1-2. The second-order valence-electron chi connectivity index (χ2n) is 10.1. The number of hydrogen-bond acceptors (Lipinski definition) is 7. The van der Waals surface area contributed by atoms with Gasteiger partial charge < -0.3 is 25.2 Å². The molecule has 0 radical (unpaired) electrons. The first-order chi connectivity index (χ1) is 18.7. The van der Waals surface area contributed by atoms with Crippen LogP contribution in [0.5, 0.6) is 0 Å². The van der Waals surface area contributed by atoms with E-state index in [1.807, 2.05) is 19.0 Å². The molecule has 1 unspecified atom stereocenters. The summed E-state index contributed by atoms with van der Waals surface area (Å²) in [5.41, 5.74) is 3.99. The highest BCUT2D eigenvalue weighted by molar-refractivity contribution is 5.98. The fourth-order valence-corrected chi connectivity index (χ4v) is 5.82. The molecule has 0 saturated carbocycles. The van der Waals surface area contributed by atoms with Crippen molar-refractivity contribution in [2.75, 3.05) is 44.4 Å². The molecule has 11 heteroatoms. The number of carbonyl (C=O) groups is 1. The van der Waals surface area contributed by atoms with Crippen LogP contribution in [0.25, 0.3) is 33.3 Å². The zero-order chi connectivity index (χ0) is 27.6. The van der Waals surface area contributed by atoms with Crippen LogP contribution in [0, 0.1) is 11.6 Å². The fraction of sp³-hybridized carbons (Fsp3) is 0.286. The maximum atomic E-state index is 14.6. The molecule has 0 amide bonds. The summed E-state index contributed by atoms with van der Waals surface area (Å²) in [6, 6.07) is 2.81. The van der Waals surface area contributed by atoms with Crippen LogP contribution < -0.4 is 21.0 Å². The number of aromatic nitrogens is 3. The lowest BCUT2D eigenvalue weighted by Gasteiger charge is -2.22. The Labute approximate surface area is 222 Å². The predicted octanol–water partition coefficient (Wildman–Crippen LogP) is 3.65. The summed E-state index contributed by atoms with van der Waals surface area (Å²) in [6.45, 7) is 1.43. The minimum atomic E-state index is -1.30. The van der Waals surface area contributed by atoms with Gasteiger partial charge in [0, 0.05) is 75.4 Å². The number of nitrogens with zero attached hydrogens (tertiary/aromatic N) is 4. The normalized spacial score (nSPS) is 15.9. The lowest BCUT2D eigenvalue weighted by molar-refractivity contribution is 0.0694. The Balaban J connectivity index is 1.60. The van der Waals surface area contributed by atoms with Crippen molar-refractivity contribution in [1.82, 2.24) is 19.9 Å². The first kappa shape index (κ1) is 24.9. The Morgan fingerprint density at radius 1 is 1.21 bits per heavy atom. The maximum Gasteiger partial charge on any atom is 0.341 e. The molecule has 0 spiro atoms. The average molecular weight is 533 g/mol. The predicted molar refractivity (Wildman–Crippen MR) is 145 cm³/mol. The lowest BCUT2D eigenvalue weighted by atomic mass is 9.97. The van der Waals surface area contributed by atoms with E-state index in [0.29, 0.717) is 57.8 Å². The molecule has 0 bridgehead atoms. The van der Waals surface area contributed by atoms with Crippen molar-refractivity contribution in [2.45, 2.75) is 18.9 Å². The van der Waals surface area contributed by atoms with Crippen molar-refractivity contribution in [1.29, 1.82) is 0 Å². The summed E-state index contributed by atoms with van der Waals surface area (Å²) in [7, 11) is 5.23. The smallest absolute Gasteiger partial charge is 0.341 e. The number of fused-ring (bicyclic) bond motifs is 4. The maximum absolute atomic E-state index is 14.6. The van der Waals surface area contributed by atoms with Crippen LogP contribution in [0.4, 0.5) is 20.2 Å². The van der Waals surface area contributed by atoms with Gasteiger partial charge in [-0.05, 0) is 36.2 Å². The van der Waals surface area contributed by atoms with E-state index >= 15 is 0 Å². The van der Waals surface area contributed by atoms with Crippen molar-refractivity contribution in [2.24, 2.45) is 0 Å². The molecule has 1 saturated heterocycles. The summed E-state index contributed by atoms with van der Waals surface area (Å²) < 4.78 is 30.9. The Hall–Kier alpha value is -4.38. The Morgan fingerprint density at radius 2 is 2.00 bits per heavy atom. The zero-order valence-corrected chi connectivity index (χ0v) is 21.6. The lowest BCUT2D eigenvalue weighted by Crippen LogP contribution is -2.23. The van der Waals surface area contributed by atoms with E-state index in [1.165, 1.54) is 12.3 Å². The van der Waals surface area contributed by atoms with Gasteiger partial charge in [0.2, 0.25) is 5.43 Å². The van der Waals surface area contributed by atoms with Gasteiger partial charge in [0.05, 0.1) is 22.5 Å². The minimum absolute atomic E-state index is 0.0308. The van der Waals surface area contributed by atoms with E-state index < -0.39 is 23.0 Å². The van der Waals surface area contributed by atoms with Crippen molar-refractivity contribution in [3.05, 3.63) is 69.4 Å². The van der Waals surface area contributed by atoms with Gasteiger partial charge in [0.15, 0.2) is 11.6 Å². The largest absolute Gasteiger partial charge is 0.477 e. The molecule has 4 heterocycles. The standard InChI is InChI=1S/C28H26F2N6O3/c1-31-24-16-8-21-22(15(16)7-20(29)23(24)30)25(35(2)3)18(11-33-21)13-6-17-26(37)19(28(38)39)12-36(27(17)34-9-13)14-4-5-32-10-14/h6-7,9,11-12,14,31-32H,4-5,8,10H2,1-3H3,(H,38,39). The van der Waals surface area contributed by atoms with E-state index in [4.69, 9.17) is 0 Å². The van der Waals surface area contributed by atoms with Crippen LogP contribution in [-0.2, 0) is 6.42 Å². The molecule has 2 aliphatic rings. The van der Waals surface area contributed by atoms with E-state index in [2.05, 4.69) is 20.6 Å². The molecule has 1 aromatic carbocycles. The van der Waals surface area contributed by atoms with Crippen LogP contribution in [-0.4, -0.2) is 59.8 Å². The third-order valence-electron chi connectivity index (χ3n) is 7.61. The number of carboxylic acids is 1. The molecule has 9 nitrogen and oxygen atoms in total. The van der Waals surface area contributed by atoms with Gasteiger partial charge >= 0.3 is 5.97 Å². The summed E-state index contributed by atoms with van der Waals surface area (Å²) >= 11 is 0. The van der Waals surface area contributed by atoms with Crippen molar-refractivity contribution in [3.8, 4) is 22.3 Å². The van der Waals surface area contributed by atoms with Crippen molar-refractivity contribution >= 4 is 28.4 Å². The monoisotopic (exact) mass is 532 g/mol. The molecular formula is C28H26F2N6O3. The third-order valence-corrected chi connectivity index (χ3v) is 7.61. The van der Waals surface area contributed by atoms with E-state index in [1.54, 1.807) is 30.1 Å². The van der Waals surface area contributed by atoms with E-state index in [0.717, 1.165) is 13.0 Å². The summed E-state index contributed by atoms with van der Waals surface area (Å²) in [6.07, 6.45) is 5.79. The molecule has 1 atom stereocenters. The molecule has 1 aliphatic carbocycles. The highest BCUT2D eigenvalue weighted by Crippen LogP contribution is 2.48. The van der Waals surface area contributed by atoms with Crippen LogP contribution in [0.1, 0.15) is 34.1 Å². The highest BCUT2D eigenvalue weighted by Gasteiger charge is 2.31. The van der Waals surface area contributed by atoms with Gasteiger partial charge in [-0.1, -0.05) is 0 Å². The third kappa shape index (κ3) is 3.75. The summed E-state index contributed by atoms with van der Waals surface area (Å²) in [5.74, 6) is -3.19. The molecule has 39 heavy (non-hydrogen) atoms. The van der Waals surface area contributed by atoms with Crippen LogP contribution in [0.2, 0.25) is 0 Å². The van der Waals surface area contributed by atoms with Crippen LogP contribution in [0.3, 0.4) is 0 Å². The summed E-state index contributed by atoms with van der Waals surface area (Å²) in [4.78, 5) is 36.4. The quantitative estimate of drug-likeness (QED) is 0.315. The number of hydrogen-bond donors (Lipinski definition) is 3. The van der Waals surface area contributed by atoms with Crippen molar-refractivity contribution < 1.29 is 18.7 Å². The fourth-order valence-electron chi connectivity index (χ4n) is 5.82. The average Bonchev–Trinajstić information content (AvgIpc) is 3.57. The number of rotatable bonds is 5. The van der Waals surface area contributed by atoms with Gasteiger partial charge in [-0.3, -0.25) is 9.78 Å². The molecule has 3 aromatic heterocycles. The Kier molecular flexibility index (Phi) is 5.83. The Morgan fingerprint density at radius 3 is 2.67 bits per heavy atom. The van der Waals surface area contributed by atoms with Gasteiger partial charge in [-0.2, -0.15) is 0 Å². The van der Waals surface area contributed by atoms with E-state index in [-0.39, 0.29) is 22.7 Å². The first-order valence-electron chi connectivity index (χ1n) is 12.6. The number of pyridine rings is 3. The zero-order valence-electron chi connectivity index (χ0n) is 21.6. The highest BCUT2D eigenvalue weighted by atomic mass is 19.2. The van der Waals surface area contributed by atoms with Gasteiger partial charge in [-0.15, -0.1) is 0 Å². The number of benzene rings is 1. The number of carboxylic acid groups (broad SMARTS) is 1. The Bertz CT molecular complexity index is 1740.